The Morgan fingerprint density at radius 2 is 1.83 bits per heavy atom. The molecule has 0 saturated heterocycles. The van der Waals surface area contributed by atoms with Gasteiger partial charge >= 0.3 is 0 Å². The maximum Gasteiger partial charge on any atom is 0.252 e. The van der Waals surface area contributed by atoms with Gasteiger partial charge in [0.15, 0.2) is 5.75 Å². The van der Waals surface area contributed by atoms with E-state index in [0.717, 1.165) is 6.07 Å². The number of halogens is 1. The van der Waals surface area contributed by atoms with Crippen molar-refractivity contribution in [1.82, 2.24) is 0 Å². The lowest BCUT2D eigenvalue weighted by Crippen LogP contribution is -2.12. The van der Waals surface area contributed by atoms with Gasteiger partial charge in [0, 0.05) is 6.07 Å². The average molecular weight is 246 g/mol. The summed E-state index contributed by atoms with van der Waals surface area (Å²) in [5.74, 6) is -0.720. The van der Waals surface area contributed by atoms with Crippen molar-refractivity contribution < 1.29 is 13.9 Å². The molecule has 0 aliphatic rings. The molecule has 0 unspecified atom stereocenters. The van der Waals surface area contributed by atoms with Gasteiger partial charge in [-0.1, -0.05) is 12.1 Å². The predicted octanol–water partition coefficient (Wildman–Crippen LogP) is 2.30. The molecule has 0 spiro atoms. The minimum absolute atomic E-state index is 0.142. The fourth-order valence-electron chi connectivity index (χ4n) is 1.47. The Balaban J connectivity index is 2.40. The Labute approximate surface area is 103 Å². The first-order valence-electron chi connectivity index (χ1n) is 5.19. The maximum absolute atomic E-state index is 13.1. The van der Waals surface area contributed by atoms with E-state index in [1.807, 2.05) is 0 Å². The number of carbonyl (C=O) groups is 1. The van der Waals surface area contributed by atoms with E-state index in [0.29, 0.717) is 0 Å². The maximum atomic E-state index is 13.1. The van der Waals surface area contributed by atoms with Crippen LogP contribution in [0.3, 0.4) is 0 Å². The minimum atomic E-state index is -0.624. The fraction of sp³-hybridized carbons (Fsp3) is 0. The first kappa shape index (κ1) is 11.9. The topological polar surface area (TPSA) is 78.3 Å². The molecule has 0 aromatic heterocycles. The third-order valence-electron chi connectivity index (χ3n) is 2.35. The molecule has 4 N–H and O–H groups in total. The van der Waals surface area contributed by atoms with E-state index in [-0.39, 0.29) is 22.7 Å². The average Bonchev–Trinajstić information content (AvgIpc) is 2.34. The van der Waals surface area contributed by atoms with Crippen LogP contribution in [-0.4, -0.2) is 5.91 Å². The second kappa shape index (κ2) is 4.75. The predicted molar refractivity (Wildman–Crippen MR) is 65.8 cm³/mol. The van der Waals surface area contributed by atoms with Crippen LogP contribution in [0.25, 0.3) is 0 Å². The number of hydrogen-bond acceptors (Lipinski definition) is 3. The Kier molecular flexibility index (Phi) is 3.14. The molecule has 2 rings (SSSR count). The third kappa shape index (κ3) is 2.40. The Hall–Kier alpha value is -2.56. The molecule has 0 fully saturated rings. The van der Waals surface area contributed by atoms with Gasteiger partial charge in [-0.25, -0.2) is 4.39 Å². The van der Waals surface area contributed by atoms with Gasteiger partial charge in [-0.3, -0.25) is 4.79 Å². The van der Waals surface area contributed by atoms with Crippen molar-refractivity contribution in [2.45, 2.75) is 0 Å². The summed E-state index contributed by atoms with van der Waals surface area (Å²) in [6.07, 6.45) is 0. The standard InChI is InChI=1S/C13H11FN2O2/c14-8-5-6-10(15)12(7-8)18-11-4-2-1-3-9(11)13(16)17/h1-7H,15H2,(H2,16,17). The molecule has 0 aliphatic carbocycles. The van der Waals surface area contributed by atoms with Gasteiger partial charge in [0.2, 0.25) is 0 Å². The zero-order valence-electron chi connectivity index (χ0n) is 9.39. The van der Waals surface area contributed by atoms with Crippen LogP contribution in [0, 0.1) is 5.82 Å². The smallest absolute Gasteiger partial charge is 0.252 e. The van der Waals surface area contributed by atoms with Gasteiger partial charge in [0.25, 0.3) is 5.91 Å². The third-order valence-corrected chi connectivity index (χ3v) is 2.35. The van der Waals surface area contributed by atoms with Crippen molar-refractivity contribution in [3.63, 3.8) is 0 Å². The lowest BCUT2D eigenvalue weighted by Gasteiger charge is -2.10. The number of anilines is 1. The summed E-state index contributed by atoms with van der Waals surface area (Å²) in [5, 5.41) is 0. The van der Waals surface area contributed by atoms with Crippen LogP contribution in [-0.2, 0) is 0 Å². The molecular formula is C13H11FN2O2. The lowest BCUT2D eigenvalue weighted by atomic mass is 10.2. The van der Waals surface area contributed by atoms with Gasteiger partial charge in [-0.05, 0) is 24.3 Å². The molecule has 2 aromatic carbocycles. The number of rotatable bonds is 3. The van der Waals surface area contributed by atoms with Crippen molar-refractivity contribution in [3.05, 3.63) is 53.8 Å². The van der Waals surface area contributed by atoms with Gasteiger partial charge in [-0.15, -0.1) is 0 Å². The van der Waals surface area contributed by atoms with Crippen molar-refractivity contribution in [3.8, 4) is 11.5 Å². The van der Waals surface area contributed by atoms with Crippen LogP contribution in [0.1, 0.15) is 10.4 Å². The van der Waals surface area contributed by atoms with Crippen LogP contribution >= 0.6 is 0 Å². The van der Waals surface area contributed by atoms with E-state index < -0.39 is 11.7 Å². The summed E-state index contributed by atoms with van der Waals surface area (Å²) < 4.78 is 18.5. The summed E-state index contributed by atoms with van der Waals surface area (Å²) in [6, 6.07) is 10.2. The summed E-state index contributed by atoms with van der Waals surface area (Å²) in [4.78, 5) is 11.2. The van der Waals surface area contributed by atoms with Gasteiger partial charge < -0.3 is 16.2 Å². The van der Waals surface area contributed by atoms with E-state index in [1.165, 1.54) is 18.2 Å². The molecular weight excluding hydrogens is 235 g/mol. The molecule has 18 heavy (non-hydrogen) atoms. The molecule has 5 heteroatoms. The Morgan fingerprint density at radius 3 is 2.56 bits per heavy atom. The number of ether oxygens (including phenoxy) is 1. The highest BCUT2D eigenvalue weighted by Crippen LogP contribution is 2.30. The normalized spacial score (nSPS) is 10.1. The number of para-hydroxylation sites is 1. The molecule has 92 valence electrons. The largest absolute Gasteiger partial charge is 0.454 e. The molecule has 0 aliphatic heterocycles. The highest BCUT2D eigenvalue weighted by atomic mass is 19.1. The van der Waals surface area contributed by atoms with Gasteiger partial charge in [0.05, 0.1) is 11.3 Å². The first-order valence-corrected chi connectivity index (χ1v) is 5.19. The Morgan fingerprint density at radius 1 is 1.11 bits per heavy atom. The molecule has 1 amide bonds. The van der Waals surface area contributed by atoms with Gasteiger partial charge in [-0.2, -0.15) is 0 Å². The van der Waals surface area contributed by atoms with Crippen LogP contribution in [0.4, 0.5) is 10.1 Å². The number of nitrogens with two attached hydrogens (primary N) is 2. The van der Waals surface area contributed by atoms with Crippen molar-refractivity contribution in [2.75, 3.05) is 5.73 Å². The van der Waals surface area contributed by atoms with Crippen LogP contribution < -0.4 is 16.2 Å². The minimum Gasteiger partial charge on any atom is -0.454 e. The van der Waals surface area contributed by atoms with E-state index in [1.54, 1.807) is 18.2 Å². The van der Waals surface area contributed by atoms with E-state index in [2.05, 4.69) is 0 Å². The van der Waals surface area contributed by atoms with Gasteiger partial charge in [0.1, 0.15) is 11.6 Å². The van der Waals surface area contributed by atoms with Crippen LogP contribution in [0.5, 0.6) is 11.5 Å². The second-order valence-electron chi connectivity index (χ2n) is 3.64. The second-order valence-corrected chi connectivity index (χ2v) is 3.64. The monoisotopic (exact) mass is 246 g/mol. The molecule has 0 saturated carbocycles. The number of amides is 1. The molecule has 0 radical (unpaired) electrons. The number of nitrogen functional groups attached to an aromatic ring is 1. The highest BCUT2D eigenvalue weighted by Gasteiger charge is 2.11. The molecule has 0 bridgehead atoms. The zero-order chi connectivity index (χ0) is 13.1. The molecule has 4 nitrogen and oxygen atoms in total. The number of primary amides is 1. The van der Waals surface area contributed by atoms with Crippen molar-refractivity contribution in [2.24, 2.45) is 5.73 Å². The zero-order valence-corrected chi connectivity index (χ0v) is 9.39. The van der Waals surface area contributed by atoms with Crippen LogP contribution in [0.15, 0.2) is 42.5 Å². The lowest BCUT2D eigenvalue weighted by molar-refractivity contribution is 0.0998. The summed E-state index contributed by atoms with van der Waals surface area (Å²) in [6.45, 7) is 0. The van der Waals surface area contributed by atoms with E-state index in [9.17, 15) is 9.18 Å². The van der Waals surface area contributed by atoms with E-state index >= 15 is 0 Å². The quantitative estimate of drug-likeness (QED) is 0.815. The molecule has 0 atom stereocenters. The number of carbonyl (C=O) groups excluding carboxylic acids is 1. The van der Waals surface area contributed by atoms with E-state index in [4.69, 9.17) is 16.2 Å². The summed E-state index contributed by atoms with van der Waals surface area (Å²) in [7, 11) is 0. The number of hydrogen-bond donors (Lipinski definition) is 2. The summed E-state index contributed by atoms with van der Waals surface area (Å²) in [5.41, 5.74) is 11.4. The first-order chi connectivity index (χ1) is 8.58. The molecule has 2 aromatic rings. The van der Waals surface area contributed by atoms with Crippen molar-refractivity contribution in [1.29, 1.82) is 0 Å². The highest BCUT2D eigenvalue weighted by molar-refractivity contribution is 5.95. The molecule has 0 heterocycles. The van der Waals surface area contributed by atoms with Crippen LogP contribution in [0.2, 0.25) is 0 Å². The summed E-state index contributed by atoms with van der Waals surface area (Å²) >= 11 is 0. The Bertz CT molecular complexity index is 599. The van der Waals surface area contributed by atoms with Crippen molar-refractivity contribution >= 4 is 11.6 Å². The SMILES string of the molecule is NC(=O)c1ccccc1Oc1cc(F)ccc1N. The number of benzene rings is 2. The fourth-order valence-corrected chi connectivity index (χ4v) is 1.47.